The lowest BCUT2D eigenvalue weighted by atomic mass is 10.0. The highest BCUT2D eigenvalue weighted by Gasteiger charge is 2.63. The first-order valence-corrected chi connectivity index (χ1v) is 5.54. The number of aliphatic hydroxyl groups is 1. The van der Waals surface area contributed by atoms with Crippen LogP contribution in [0.15, 0.2) is 0 Å². The fraction of sp³-hybridized carbons (Fsp3) is 1.00. The van der Waals surface area contributed by atoms with Crippen molar-refractivity contribution >= 4 is 0 Å². The van der Waals surface area contributed by atoms with E-state index >= 15 is 0 Å². The molecule has 0 aromatic heterocycles. The summed E-state index contributed by atoms with van der Waals surface area (Å²) < 4.78 is 11.8. The molecule has 3 rings (SSSR count). The second-order valence-corrected chi connectivity index (χ2v) is 5.60. The lowest BCUT2D eigenvalue weighted by molar-refractivity contribution is -0.151. The van der Waals surface area contributed by atoms with E-state index in [0.717, 1.165) is 32.1 Å². The predicted molar refractivity (Wildman–Crippen MR) is 50.8 cm³/mol. The molecular weight excluding hydrogens is 180 g/mol. The molecular formula is C11H18O3. The number of rotatable bonds is 2. The maximum Gasteiger partial charge on any atom is 0.164 e. The van der Waals surface area contributed by atoms with Crippen LogP contribution in [0.1, 0.15) is 46.0 Å². The fourth-order valence-electron chi connectivity index (χ4n) is 2.50. The van der Waals surface area contributed by atoms with Crippen LogP contribution in [-0.4, -0.2) is 28.2 Å². The normalized spacial score (nSPS) is 40.1. The van der Waals surface area contributed by atoms with Crippen LogP contribution in [0.5, 0.6) is 0 Å². The van der Waals surface area contributed by atoms with Gasteiger partial charge in [-0.3, -0.25) is 0 Å². The zero-order chi connectivity index (χ0) is 10.0. The van der Waals surface area contributed by atoms with Gasteiger partial charge in [0.1, 0.15) is 0 Å². The molecule has 2 aliphatic carbocycles. The molecule has 0 aromatic carbocycles. The number of hydrogen-bond donors (Lipinski definition) is 1. The van der Waals surface area contributed by atoms with Crippen molar-refractivity contribution in [1.29, 1.82) is 0 Å². The Balaban J connectivity index is 1.73. The second kappa shape index (κ2) is 2.34. The maximum atomic E-state index is 9.88. The smallest absolute Gasteiger partial charge is 0.164 e. The van der Waals surface area contributed by atoms with E-state index < -0.39 is 11.4 Å². The molecule has 3 fully saturated rings. The van der Waals surface area contributed by atoms with Gasteiger partial charge >= 0.3 is 0 Å². The van der Waals surface area contributed by atoms with Gasteiger partial charge in [-0.2, -0.15) is 0 Å². The van der Waals surface area contributed by atoms with Crippen LogP contribution in [-0.2, 0) is 9.47 Å². The van der Waals surface area contributed by atoms with E-state index in [1.165, 1.54) is 0 Å². The molecule has 1 aliphatic heterocycles. The molecule has 1 atom stereocenters. The van der Waals surface area contributed by atoms with E-state index in [1.54, 1.807) is 0 Å². The van der Waals surface area contributed by atoms with E-state index in [1.807, 2.05) is 13.8 Å². The minimum atomic E-state index is -0.452. The summed E-state index contributed by atoms with van der Waals surface area (Å²) in [5.74, 6) is -0.452. The van der Waals surface area contributed by atoms with Crippen molar-refractivity contribution in [3.05, 3.63) is 0 Å². The highest BCUT2D eigenvalue weighted by atomic mass is 16.8. The van der Waals surface area contributed by atoms with Crippen molar-refractivity contribution in [2.45, 2.75) is 69.0 Å². The Morgan fingerprint density at radius 3 is 2.36 bits per heavy atom. The van der Waals surface area contributed by atoms with Crippen LogP contribution < -0.4 is 0 Å². The van der Waals surface area contributed by atoms with Gasteiger partial charge in [-0.25, -0.2) is 0 Å². The lowest BCUT2D eigenvalue weighted by Crippen LogP contribution is -2.29. The Bertz CT molecular complexity index is 264. The molecule has 3 heteroatoms. The number of ether oxygens (including phenoxy) is 2. The van der Waals surface area contributed by atoms with Gasteiger partial charge in [-0.05, 0) is 39.5 Å². The zero-order valence-corrected chi connectivity index (χ0v) is 8.88. The van der Waals surface area contributed by atoms with E-state index in [0.29, 0.717) is 0 Å². The first-order chi connectivity index (χ1) is 6.43. The standard InChI is InChI=1S/C11H18O3/c1-9(2)13-8(7-10(12)3-4-10)11(14-9)5-6-11/h8,12H,3-7H2,1-2H3. The summed E-state index contributed by atoms with van der Waals surface area (Å²) in [6.07, 6.45) is 4.93. The van der Waals surface area contributed by atoms with Gasteiger partial charge in [0, 0.05) is 6.42 Å². The van der Waals surface area contributed by atoms with Gasteiger partial charge in [0.2, 0.25) is 0 Å². The van der Waals surface area contributed by atoms with Crippen LogP contribution >= 0.6 is 0 Å². The van der Waals surface area contributed by atoms with Crippen molar-refractivity contribution < 1.29 is 14.6 Å². The van der Waals surface area contributed by atoms with Gasteiger partial charge in [-0.1, -0.05) is 0 Å². The molecule has 0 amide bonds. The first-order valence-electron chi connectivity index (χ1n) is 5.54. The summed E-state index contributed by atoms with van der Waals surface area (Å²) in [5, 5.41) is 9.88. The summed E-state index contributed by atoms with van der Waals surface area (Å²) in [4.78, 5) is 0. The van der Waals surface area contributed by atoms with Gasteiger partial charge in [-0.15, -0.1) is 0 Å². The SMILES string of the molecule is CC1(C)OC(CC2(O)CC2)C2(CC2)O1. The summed E-state index contributed by atoms with van der Waals surface area (Å²) in [6, 6.07) is 0. The summed E-state index contributed by atoms with van der Waals surface area (Å²) >= 11 is 0. The fourth-order valence-corrected chi connectivity index (χ4v) is 2.50. The molecule has 1 saturated heterocycles. The van der Waals surface area contributed by atoms with Gasteiger partial charge in [0.05, 0.1) is 17.3 Å². The highest BCUT2D eigenvalue weighted by Crippen LogP contribution is 2.56. The molecule has 80 valence electrons. The van der Waals surface area contributed by atoms with Crippen LogP contribution in [0, 0.1) is 0 Å². The van der Waals surface area contributed by atoms with Crippen LogP contribution in [0.2, 0.25) is 0 Å². The van der Waals surface area contributed by atoms with Crippen molar-refractivity contribution in [2.24, 2.45) is 0 Å². The average molecular weight is 198 g/mol. The third-order valence-corrected chi connectivity index (χ3v) is 3.60. The minimum absolute atomic E-state index is 0.0399. The molecule has 2 saturated carbocycles. The van der Waals surface area contributed by atoms with Gasteiger partial charge in [0.15, 0.2) is 5.79 Å². The summed E-state index contributed by atoms with van der Waals surface area (Å²) in [5.41, 5.74) is -0.466. The zero-order valence-electron chi connectivity index (χ0n) is 8.88. The van der Waals surface area contributed by atoms with Crippen LogP contribution in [0.25, 0.3) is 0 Å². The topological polar surface area (TPSA) is 38.7 Å². The first kappa shape index (κ1) is 9.13. The third kappa shape index (κ3) is 1.38. The lowest BCUT2D eigenvalue weighted by Gasteiger charge is -2.18. The molecule has 3 aliphatic rings. The average Bonchev–Trinajstić information content (AvgIpc) is 2.87. The predicted octanol–water partition coefficient (Wildman–Crippen LogP) is 1.59. The molecule has 0 aromatic rings. The van der Waals surface area contributed by atoms with Gasteiger partial charge < -0.3 is 14.6 Å². The molecule has 0 radical (unpaired) electrons. The van der Waals surface area contributed by atoms with E-state index in [4.69, 9.17) is 9.47 Å². The minimum Gasteiger partial charge on any atom is -0.390 e. The maximum absolute atomic E-state index is 9.88. The van der Waals surface area contributed by atoms with E-state index in [-0.39, 0.29) is 11.7 Å². The summed E-state index contributed by atoms with van der Waals surface area (Å²) in [7, 11) is 0. The van der Waals surface area contributed by atoms with Gasteiger partial charge in [0.25, 0.3) is 0 Å². The molecule has 14 heavy (non-hydrogen) atoms. The van der Waals surface area contributed by atoms with Crippen molar-refractivity contribution in [1.82, 2.24) is 0 Å². The highest BCUT2D eigenvalue weighted by molar-refractivity contribution is 5.11. The molecule has 3 nitrogen and oxygen atoms in total. The molecule has 1 unspecified atom stereocenters. The Morgan fingerprint density at radius 1 is 1.21 bits per heavy atom. The summed E-state index contributed by atoms with van der Waals surface area (Å²) in [6.45, 7) is 3.92. The largest absolute Gasteiger partial charge is 0.390 e. The molecule has 0 bridgehead atoms. The quantitative estimate of drug-likeness (QED) is 0.732. The Hall–Kier alpha value is -0.120. The Morgan fingerprint density at radius 2 is 1.86 bits per heavy atom. The number of hydrogen-bond acceptors (Lipinski definition) is 3. The molecule has 1 N–H and O–H groups in total. The van der Waals surface area contributed by atoms with Crippen molar-refractivity contribution in [3.63, 3.8) is 0 Å². The van der Waals surface area contributed by atoms with Crippen LogP contribution in [0.4, 0.5) is 0 Å². The Labute approximate surface area is 84.4 Å². The third-order valence-electron chi connectivity index (χ3n) is 3.60. The van der Waals surface area contributed by atoms with Crippen LogP contribution in [0.3, 0.4) is 0 Å². The second-order valence-electron chi connectivity index (χ2n) is 5.60. The van der Waals surface area contributed by atoms with E-state index in [9.17, 15) is 5.11 Å². The Kier molecular flexibility index (Phi) is 1.53. The monoisotopic (exact) mass is 198 g/mol. The molecule has 1 heterocycles. The van der Waals surface area contributed by atoms with E-state index in [2.05, 4.69) is 0 Å². The van der Waals surface area contributed by atoms with Crippen molar-refractivity contribution in [3.8, 4) is 0 Å². The molecule has 1 spiro atoms. The van der Waals surface area contributed by atoms with Crippen molar-refractivity contribution in [2.75, 3.05) is 0 Å².